The van der Waals surface area contributed by atoms with Gasteiger partial charge in [-0.05, 0) is 53.4 Å². The van der Waals surface area contributed by atoms with E-state index in [4.69, 9.17) is 4.74 Å². The maximum Gasteiger partial charge on any atom is 0.407 e. The summed E-state index contributed by atoms with van der Waals surface area (Å²) in [5.74, 6) is 1.80. The Bertz CT molecular complexity index is 711. The Hall–Kier alpha value is -2.32. The number of aryl methyl sites for hydroxylation is 1. The van der Waals surface area contributed by atoms with Crippen molar-refractivity contribution in [1.29, 1.82) is 0 Å². The number of carbonyl (C=O) groups is 2. The number of ether oxygens (including phenoxy) is 1. The zero-order valence-corrected chi connectivity index (χ0v) is 17.3. The third-order valence-electron chi connectivity index (χ3n) is 5.22. The maximum absolute atomic E-state index is 12.8. The summed E-state index contributed by atoms with van der Waals surface area (Å²) in [7, 11) is 0. The summed E-state index contributed by atoms with van der Waals surface area (Å²) in [6, 6.07) is -0.387. The van der Waals surface area contributed by atoms with Gasteiger partial charge in [0, 0.05) is 25.6 Å². The van der Waals surface area contributed by atoms with E-state index in [1.54, 1.807) is 0 Å². The van der Waals surface area contributed by atoms with E-state index < -0.39 is 11.7 Å². The molecule has 1 saturated heterocycles. The molecule has 9 nitrogen and oxygen atoms in total. The molecule has 0 radical (unpaired) electrons. The molecule has 0 aliphatic carbocycles. The van der Waals surface area contributed by atoms with Crippen LogP contribution in [-0.2, 0) is 24.2 Å². The normalized spacial score (nSPS) is 20.4. The Kier molecular flexibility index (Phi) is 6.10. The number of nitrogens with one attached hydrogen (secondary N) is 2. The van der Waals surface area contributed by atoms with Gasteiger partial charge in [-0.1, -0.05) is 0 Å². The molecule has 0 saturated carbocycles. The Morgan fingerprint density at radius 2 is 2.00 bits per heavy atom. The van der Waals surface area contributed by atoms with E-state index in [1.807, 2.05) is 32.6 Å². The minimum atomic E-state index is -0.550. The van der Waals surface area contributed by atoms with E-state index in [0.717, 1.165) is 50.3 Å². The largest absolute Gasteiger partial charge is 0.444 e. The van der Waals surface area contributed by atoms with Gasteiger partial charge >= 0.3 is 12.1 Å². The number of rotatable bonds is 4. The monoisotopic (exact) mass is 392 g/mol. The maximum atomic E-state index is 12.8. The second kappa shape index (κ2) is 8.36. The number of nitrogens with zero attached hydrogens (tertiary/aromatic N) is 4. The van der Waals surface area contributed by atoms with Gasteiger partial charge in [0.05, 0.1) is 12.6 Å². The summed E-state index contributed by atoms with van der Waals surface area (Å²) in [6.07, 6.45) is 4.42. The smallest absolute Gasteiger partial charge is 0.407 e. The van der Waals surface area contributed by atoms with Crippen LogP contribution < -0.4 is 10.6 Å². The highest BCUT2D eigenvalue weighted by Gasteiger charge is 2.32. The van der Waals surface area contributed by atoms with Gasteiger partial charge < -0.3 is 24.8 Å². The first-order chi connectivity index (χ1) is 13.2. The fourth-order valence-electron chi connectivity index (χ4n) is 3.92. The summed E-state index contributed by atoms with van der Waals surface area (Å²) < 4.78 is 7.43. The minimum Gasteiger partial charge on any atom is -0.444 e. The van der Waals surface area contributed by atoms with Gasteiger partial charge in [0.2, 0.25) is 0 Å². The lowest BCUT2D eigenvalue weighted by Crippen LogP contribution is -2.57. The van der Waals surface area contributed by atoms with Crippen molar-refractivity contribution >= 4 is 12.1 Å². The molecule has 3 amide bonds. The molecular formula is C19H32N6O3. The second-order valence-electron chi connectivity index (χ2n) is 8.64. The highest BCUT2D eigenvalue weighted by Crippen LogP contribution is 2.21. The predicted molar refractivity (Wildman–Crippen MR) is 104 cm³/mol. The molecule has 0 bridgehead atoms. The quantitative estimate of drug-likeness (QED) is 0.818. The average Bonchev–Trinajstić information content (AvgIpc) is 3.22. The van der Waals surface area contributed by atoms with Crippen LogP contribution >= 0.6 is 0 Å². The molecule has 156 valence electrons. The Morgan fingerprint density at radius 3 is 2.75 bits per heavy atom. The molecule has 0 aromatic carbocycles. The van der Waals surface area contributed by atoms with E-state index in [9.17, 15) is 9.59 Å². The molecule has 1 fully saturated rings. The zero-order chi connectivity index (χ0) is 20.3. The highest BCUT2D eigenvalue weighted by molar-refractivity contribution is 5.75. The summed E-state index contributed by atoms with van der Waals surface area (Å²) >= 11 is 0. The van der Waals surface area contributed by atoms with Crippen molar-refractivity contribution in [2.75, 3.05) is 6.54 Å². The minimum absolute atomic E-state index is 0.0645. The van der Waals surface area contributed by atoms with Crippen molar-refractivity contribution in [3.8, 4) is 0 Å². The molecule has 3 rings (SSSR count). The molecule has 0 unspecified atom stereocenters. The van der Waals surface area contributed by atoms with Gasteiger partial charge in [0.15, 0.2) is 5.82 Å². The summed E-state index contributed by atoms with van der Waals surface area (Å²) in [4.78, 5) is 26.8. The van der Waals surface area contributed by atoms with E-state index >= 15 is 0 Å². The molecule has 2 aliphatic heterocycles. The van der Waals surface area contributed by atoms with E-state index in [0.29, 0.717) is 13.1 Å². The Morgan fingerprint density at radius 1 is 1.21 bits per heavy atom. The predicted octanol–water partition coefficient (Wildman–Crippen LogP) is 2.20. The summed E-state index contributed by atoms with van der Waals surface area (Å²) in [5.41, 5.74) is -0.550. The van der Waals surface area contributed by atoms with E-state index in [-0.39, 0.29) is 18.1 Å². The molecule has 28 heavy (non-hydrogen) atoms. The molecule has 2 N–H and O–H groups in total. The van der Waals surface area contributed by atoms with Crippen LogP contribution in [-0.4, -0.2) is 56.0 Å². The fourth-order valence-corrected chi connectivity index (χ4v) is 3.92. The number of aromatic nitrogens is 3. The molecule has 2 aliphatic rings. The lowest BCUT2D eigenvalue weighted by molar-refractivity contribution is 0.0462. The fraction of sp³-hybridized carbons (Fsp3) is 0.789. The molecule has 3 heterocycles. The summed E-state index contributed by atoms with van der Waals surface area (Å²) in [5, 5.41) is 14.2. The van der Waals surface area contributed by atoms with E-state index in [1.165, 1.54) is 0 Å². The lowest BCUT2D eigenvalue weighted by Gasteiger charge is -2.39. The Labute approximate surface area is 166 Å². The van der Waals surface area contributed by atoms with E-state index in [2.05, 4.69) is 25.4 Å². The number of hydrogen-bond acceptors (Lipinski definition) is 5. The van der Waals surface area contributed by atoms with Crippen LogP contribution in [0.1, 0.15) is 65.0 Å². The van der Waals surface area contributed by atoms with Gasteiger partial charge in [-0.25, -0.2) is 9.59 Å². The second-order valence-corrected chi connectivity index (χ2v) is 8.64. The van der Waals surface area contributed by atoms with Crippen LogP contribution in [0.2, 0.25) is 0 Å². The van der Waals surface area contributed by atoms with Gasteiger partial charge in [0.25, 0.3) is 0 Å². The van der Waals surface area contributed by atoms with Crippen LogP contribution in [0.5, 0.6) is 0 Å². The first kappa shape index (κ1) is 20.4. The highest BCUT2D eigenvalue weighted by atomic mass is 16.6. The molecule has 2 atom stereocenters. The third kappa shape index (κ3) is 4.94. The Balaban J connectivity index is 1.57. The van der Waals surface area contributed by atoms with Crippen molar-refractivity contribution in [1.82, 2.24) is 30.3 Å². The molecular weight excluding hydrogens is 360 g/mol. The van der Waals surface area contributed by atoms with Crippen molar-refractivity contribution in [3.63, 3.8) is 0 Å². The number of carbonyl (C=O) groups excluding carboxylic acids is 2. The first-order valence-electron chi connectivity index (χ1n) is 10.2. The SMILES string of the molecule is C[C@@H](NC(=O)OC(C)(C)C)[C@@H]1CCCCN1C(=O)NCc1nnc2n1CCC2. The van der Waals surface area contributed by atoms with Crippen molar-refractivity contribution < 1.29 is 14.3 Å². The van der Waals surface area contributed by atoms with Crippen molar-refractivity contribution in [2.24, 2.45) is 0 Å². The average molecular weight is 393 g/mol. The number of likely N-dealkylation sites (tertiary alicyclic amines) is 1. The molecule has 0 spiro atoms. The van der Waals surface area contributed by atoms with Crippen LogP contribution in [0.15, 0.2) is 0 Å². The van der Waals surface area contributed by atoms with Gasteiger partial charge in [-0.3, -0.25) is 0 Å². The van der Waals surface area contributed by atoms with Crippen LogP contribution in [0.4, 0.5) is 9.59 Å². The number of urea groups is 1. The summed E-state index contributed by atoms with van der Waals surface area (Å²) in [6.45, 7) is 9.37. The standard InChI is InChI=1S/C19H32N6O3/c1-13(21-18(27)28-19(2,3)4)14-8-5-6-10-24(14)17(26)20-12-16-23-22-15-9-7-11-25(15)16/h13-14H,5-12H2,1-4H3,(H,20,26)(H,21,27)/t13-,14+/m1/s1. The topological polar surface area (TPSA) is 101 Å². The van der Waals surface area contributed by atoms with Gasteiger partial charge in [-0.15, -0.1) is 10.2 Å². The van der Waals surface area contributed by atoms with Crippen LogP contribution in [0.25, 0.3) is 0 Å². The van der Waals surface area contributed by atoms with Gasteiger partial charge in [-0.2, -0.15) is 0 Å². The number of hydrogen-bond donors (Lipinski definition) is 2. The van der Waals surface area contributed by atoms with Crippen molar-refractivity contribution in [3.05, 3.63) is 11.6 Å². The molecule has 1 aromatic rings. The molecule has 1 aromatic heterocycles. The van der Waals surface area contributed by atoms with Crippen molar-refractivity contribution in [2.45, 2.75) is 90.6 Å². The molecule has 9 heteroatoms. The number of alkyl carbamates (subject to hydrolysis) is 1. The van der Waals surface area contributed by atoms with Crippen LogP contribution in [0, 0.1) is 0 Å². The first-order valence-corrected chi connectivity index (χ1v) is 10.2. The number of fused-ring (bicyclic) bond motifs is 1. The van der Waals surface area contributed by atoms with Gasteiger partial charge in [0.1, 0.15) is 11.4 Å². The zero-order valence-electron chi connectivity index (χ0n) is 17.3. The number of piperidine rings is 1. The third-order valence-corrected chi connectivity index (χ3v) is 5.22. The number of amides is 3. The lowest BCUT2D eigenvalue weighted by atomic mass is 9.97. The van der Waals surface area contributed by atoms with Crippen LogP contribution in [0.3, 0.4) is 0 Å².